The fraction of sp³-hybridized carbons (Fsp3) is 0.391. The van der Waals surface area contributed by atoms with Crippen molar-refractivity contribution in [1.82, 2.24) is 10.2 Å². The molecule has 0 aromatic heterocycles. The van der Waals surface area contributed by atoms with Crippen LogP contribution >= 0.6 is 23.2 Å². The average Bonchev–Trinajstić information content (AvgIpc) is 2.69. The largest absolute Gasteiger partial charge is 0.354 e. The van der Waals surface area contributed by atoms with Gasteiger partial charge in [-0.3, -0.25) is 9.59 Å². The standard InChI is InChI=1S/C23H28Cl2N2O2/c1-4-5-12-26-23(29)17(3)27(15-18-8-6-16(2)7-9-18)22(28)13-19-10-11-20(24)14-21(19)25/h6-11,14,17H,4-5,12-13,15H2,1-3H3,(H,26,29)/t17-/m0/s1. The number of carbonyl (C=O) groups is 2. The zero-order valence-corrected chi connectivity index (χ0v) is 18.7. The number of hydrogen-bond acceptors (Lipinski definition) is 2. The van der Waals surface area contributed by atoms with E-state index in [1.165, 1.54) is 0 Å². The Bertz CT molecular complexity index is 837. The molecule has 0 aliphatic rings. The summed E-state index contributed by atoms with van der Waals surface area (Å²) < 4.78 is 0. The van der Waals surface area contributed by atoms with Crippen molar-refractivity contribution in [3.63, 3.8) is 0 Å². The molecule has 156 valence electrons. The van der Waals surface area contributed by atoms with Gasteiger partial charge in [0, 0.05) is 23.1 Å². The van der Waals surface area contributed by atoms with E-state index in [4.69, 9.17) is 23.2 Å². The van der Waals surface area contributed by atoms with Gasteiger partial charge in [0.25, 0.3) is 0 Å². The van der Waals surface area contributed by atoms with Gasteiger partial charge < -0.3 is 10.2 Å². The van der Waals surface area contributed by atoms with E-state index in [2.05, 4.69) is 12.2 Å². The minimum Gasteiger partial charge on any atom is -0.354 e. The average molecular weight is 435 g/mol. The highest BCUT2D eigenvalue weighted by molar-refractivity contribution is 6.35. The van der Waals surface area contributed by atoms with Crippen LogP contribution in [-0.4, -0.2) is 29.3 Å². The van der Waals surface area contributed by atoms with Gasteiger partial charge in [0.2, 0.25) is 11.8 Å². The highest BCUT2D eigenvalue weighted by atomic mass is 35.5. The van der Waals surface area contributed by atoms with Crippen LogP contribution in [0.4, 0.5) is 0 Å². The van der Waals surface area contributed by atoms with Crippen molar-refractivity contribution in [1.29, 1.82) is 0 Å². The van der Waals surface area contributed by atoms with E-state index < -0.39 is 6.04 Å². The second-order valence-corrected chi connectivity index (χ2v) is 8.08. The number of nitrogens with zero attached hydrogens (tertiary/aromatic N) is 1. The fourth-order valence-electron chi connectivity index (χ4n) is 2.94. The first-order chi connectivity index (χ1) is 13.8. The maximum Gasteiger partial charge on any atom is 0.242 e. The maximum absolute atomic E-state index is 13.2. The summed E-state index contributed by atoms with van der Waals surface area (Å²) in [6.45, 7) is 6.80. The van der Waals surface area contributed by atoms with Crippen LogP contribution in [-0.2, 0) is 22.6 Å². The van der Waals surface area contributed by atoms with E-state index in [0.29, 0.717) is 28.7 Å². The number of unbranched alkanes of at least 4 members (excludes halogenated alkanes) is 1. The Labute approximate surface area is 183 Å². The number of nitrogens with one attached hydrogen (secondary N) is 1. The minimum absolute atomic E-state index is 0.106. The van der Waals surface area contributed by atoms with Crippen molar-refractivity contribution in [3.8, 4) is 0 Å². The predicted octanol–water partition coefficient (Wildman–Crippen LogP) is 5.18. The van der Waals surface area contributed by atoms with E-state index in [1.807, 2.05) is 31.2 Å². The molecule has 0 fully saturated rings. The molecule has 0 aliphatic carbocycles. The summed E-state index contributed by atoms with van der Waals surface area (Å²) in [6, 6.07) is 12.4. The lowest BCUT2D eigenvalue weighted by atomic mass is 10.1. The number of carbonyl (C=O) groups excluding carboxylic acids is 2. The molecule has 2 aromatic rings. The summed E-state index contributed by atoms with van der Waals surface area (Å²) in [4.78, 5) is 27.4. The smallest absolute Gasteiger partial charge is 0.242 e. The molecular formula is C23H28Cl2N2O2. The zero-order chi connectivity index (χ0) is 21.4. The van der Waals surface area contributed by atoms with E-state index in [1.54, 1.807) is 30.0 Å². The van der Waals surface area contributed by atoms with Gasteiger partial charge in [-0.1, -0.05) is 72.4 Å². The summed E-state index contributed by atoms with van der Waals surface area (Å²) in [5, 5.41) is 3.89. The molecule has 0 saturated carbocycles. The first-order valence-electron chi connectivity index (χ1n) is 9.88. The fourth-order valence-corrected chi connectivity index (χ4v) is 3.41. The van der Waals surface area contributed by atoms with Crippen LogP contribution in [0.3, 0.4) is 0 Å². The van der Waals surface area contributed by atoms with Gasteiger partial charge in [0.15, 0.2) is 0 Å². The third-order valence-corrected chi connectivity index (χ3v) is 5.41. The summed E-state index contributed by atoms with van der Waals surface area (Å²) >= 11 is 12.2. The lowest BCUT2D eigenvalue weighted by molar-refractivity contribution is -0.140. The van der Waals surface area contributed by atoms with Crippen LogP contribution in [0.2, 0.25) is 10.0 Å². The maximum atomic E-state index is 13.2. The molecule has 2 rings (SSSR count). The molecular weight excluding hydrogens is 407 g/mol. The van der Waals surface area contributed by atoms with E-state index in [-0.39, 0.29) is 18.2 Å². The SMILES string of the molecule is CCCCNC(=O)[C@H](C)N(Cc1ccc(C)cc1)C(=O)Cc1ccc(Cl)cc1Cl. The van der Waals surface area contributed by atoms with Gasteiger partial charge in [-0.25, -0.2) is 0 Å². The number of hydrogen-bond donors (Lipinski definition) is 1. The molecule has 2 amide bonds. The Kier molecular flexibility index (Phi) is 8.99. The van der Waals surface area contributed by atoms with Gasteiger partial charge >= 0.3 is 0 Å². The molecule has 0 aliphatic heterocycles. The van der Waals surface area contributed by atoms with Gasteiger partial charge in [0.1, 0.15) is 6.04 Å². The molecule has 0 spiro atoms. The van der Waals surface area contributed by atoms with Crippen LogP contribution < -0.4 is 5.32 Å². The Morgan fingerprint density at radius 1 is 1.10 bits per heavy atom. The molecule has 2 aromatic carbocycles. The molecule has 6 heteroatoms. The van der Waals surface area contributed by atoms with Gasteiger partial charge in [-0.05, 0) is 43.5 Å². The molecule has 1 atom stereocenters. The number of aryl methyl sites for hydroxylation is 1. The van der Waals surface area contributed by atoms with Crippen molar-refractivity contribution in [2.75, 3.05) is 6.54 Å². The van der Waals surface area contributed by atoms with Crippen LogP contribution in [0.15, 0.2) is 42.5 Å². The summed E-state index contributed by atoms with van der Waals surface area (Å²) in [6.07, 6.45) is 2.01. The Morgan fingerprint density at radius 3 is 2.41 bits per heavy atom. The quantitative estimate of drug-likeness (QED) is 0.552. The second kappa shape index (κ2) is 11.2. The Morgan fingerprint density at radius 2 is 1.79 bits per heavy atom. The summed E-state index contributed by atoms with van der Waals surface area (Å²) in [5.41, 5.74) is 2.80. The topological polar surface area (TPSA) is 49.4 Å². The summed E-state index contributed by atoms with van der Waals surface area (Å²) in [5.74, 6) is -0.311. The number of halogens is 2. The number of rotatable bonds is 9. The second-order valence-electron chi connectivity index (χ2n) is 7.24. The molecule has 29 heavy (non-hydrogen) atoms. The predicted molar refractivity (Wildman–Crippen MR) is 119 cm³/mol. The molecule has 0 radical (unpaired) electrons. The molecule has 0 bridgehead atoms. The third kappa shape index (κ3) is 7.06. The highest BCUT2D eigenvalue weighted by Crippen LogP contribution is 2.22. The normalized spacial score (nSPS) is 11.8. The number of amides is 2. The Balaban J connectivity index is 2.20. The van der Waals surface area contributed by atoms with Gasteiger partial charge in [-0.15, -0.1) is 0 Å². The first-order valence-corrected chi connectivity index (χ1v) is 10.6. The van der Waals surface area contributed by atoms with Gasteiger partial charge in [0.05, 0.1) is 6.42 Å². The monoisotopic (exact) mass is 434 g/mol. The van der Waals surface area contributed by atoms with Crippen molar-refractivity contribution in [2.45, 2.75) is 52.6 Å². The van der Waals surface area contributed by atoms with Crippen LogP contribution in [0, 0.1) is 6.92 Å². The van der Waals surface area contributed by atoms with Gasteiger partial charge in [-0.2, -0.15) is 0 Å². The van der Waals surface area contributed by atoms with Crippen molar-refractivity contribution in [3.05, 3.63) is 69.2 Å². The molecule has 4 nitrogen and oxygen atoms in total. The molecule has 0 unspecified atom stereocenters. The zero-order valence-electron chi connectivity index (χ0n) is 17.2. The molecule has 0 heterocycles. The van der Waals surface area contributed by atoms with E-state index in [9.17, 15) is 9.59 Å². The molecule has 1 N–H and O–H groups in total. The van der Waals surface area contributed by atoms with Crippen molar-refractivity contribution < 1.29 is 9.59 Å². The van der Waals surface area contributed by atoms with Crippen LogP contribution in [0.5, 0.6) is 0 Å². The van der Waals surface area contributed by atoms with E-state index in [0.717, 1.165) is 24.0 Å². The minimum atomic E-state index is -0.591. The first kappa shape index (κ1) is 23.2. The van der Waals surface area contributed by atoms with Crippen LogP contribution in [0.25, 0.3) is 0 Å². The highest BCUT2D eigenvalue weighted by Gasteiger charge is 2.26. The van der Waals surface area contributed by atoms with Crippen molar-refractivity contribution >= 4 is 35.0 Å². The van der Waals surface area contributed by atoms with E-state index >= 15 is 0 Å². The number of benzene rings is 2. The third-order valence-electron chi connectivity index (χ3n) is 4.83. The Hall–Kier alpha value is -2.04. The molecule has 0 saturated heterocycles. The van der Waals surface area contributed by atoms with Crippen molar-refractivity contribution in [2.24, 2.45) is 0 Å². The summed E-state index contributed by atoms with van der Waals surface area (Å²) in [7, 11) is 0. The lowest BCUT2D eigenvalue weighted by Gasteiger charge is -2.29. The lowest BCUT2D eigenvalue weighted by Crippen LogP contribution is -2.48. The van der Waals surface area contributed by atoms with Crippen LogP contribution in [0.1, 0.15) is 43.4 Å².